The van der Waals surface area contributed by atoms with E-state index in [-0.39, 0.29) is 11.7 Å². The van der Waals surface area contributed by atoms with Crippen LogP contribution < -0.4 is 10.1 Å². The molecule has 5 rings (SSSR count). The van der Waals surface area contributed by atoms with Gasteiger partial charge in [0.05, 0.1) is 18.7 Å². The Kier molecular flexibility index (Phi) is 4.82. The molecule has 1 fully saturated rings. The zero-order valence-electron chi connectivity index (χ0n) is 17.9. The Morgan fingerprint density at radius 3 is 2.87 bits per heavy atom. The third-order valence-electron chi connectivity index (χ3n) is 6.34. The standard InChI is InChI=1S/C25H26N2O4/c1-25(2)19-14-16(30-13-12-27-11-5-10-26-15-21(27)28)8-9-17(19)23(29)22-18-6-3-4-7-20(18)31-24(22)25/h3-4,6-9,14,26H,5,10-13,15H2,1-2H3. The molecule has 160 valence electrons. The fourth-order valence-corrected chi connectivity index (χ4v) is 4.63. The van der Waals surface area contributed by atoms with Crippen molar-refractivity contribution < 1.29 is 18.7 Å². The van der Waals surface area contributed by atoms with Crippen LogP contribution in [-0.2, 0) is 10.2 Å². The quantitative estimate of drug-likeness (QED) is 0.702. The summed E-state index contributed by atoms with van der Waals surface area (Å²) in [5.74, 6) is 1.49. The number of nitrogens with zero attached hydrogens (tertiary/aromatic N) is 1. The van der Waals surface area contributed by atoms with Crippen LogP contribution in [0.25, 0.3) is 11.0 Å². The monoisotopic (exact) mass is 418 g/mol. The number of carbonyl (C=O) groups is 2. The highest BCUT2D eigenvalue weighted by atomic mass is 16.5. The molecule has 0 radical (unpaired) electrons. The molecule has 1 saturated heterocycles. The topological polar surface area (TPSA) is 71.8 Å². The lowest BCUT2D eigenvalue weighted by Crippen LogP contribution is -2.37. The van der Waals surface area contributed by atoms with E-state index >= 15 is 0 Å². The van der Waals surface area contributed by atoms with E-state index in [9.17, 15) is 9.59 Å². The van der Waals surface area contributed by atoms with E-state index in [0.717, 1.165) is 36.0 Å². The minimum absolute atomic E-state index is 0.0107. The molecule has 1 aromatic heterocycles. The maximum absolute atomic E-state index is 13.3. The van der Waals surface area contributed by atoms with Gasteiger partial charge in [0, 0.05) is 22.9 Å². The number of ether oxygens (including phenoxy) is 1. The molecule has 1 aliphatic heterocycles. The number of hydrogen-bond acceptors (Lipinski definition) is 5. The summed E-state index contributed by atoms with van der Waals surface area (Å²) in [6.07, 6.45) is 0.945. The second-order valence-corrected chi connectivity index (χ2v) is 8.72. The summed E-state index contributed by atoms with van der Waals surface area (Å²) in [4.78, 5) is 27.3. The summed E-state index contributed by atoms with van der Waals surface area (Å²) < 4.78 is 12.1. The Morgan fingerprint density at radius 2 is 2.00 bits per heavy atom. The van der Waals surface area contributed by atoms with Gasteiger partial charge in [0.25, 0.3) is 0 Å². The second-order valence-electron chi connectivity index (χ2n) is 8.72. The van der Waals surface area contributed by atoms with Gasteiger partial charge < -0.3 is 19.4 Å². The van der Waals surface area contributed by atoms with Crippen molar-refractivity contribution in [2.45, 2.75) is 25.7 Å². The lowest BCUT2D eigenvalue weighted by molar-refractivity contribution is -0.129. The number of amides is 1. The van der Waals surface area contributed by atoms with Crippen LogP contribution in [0.1, 0.15) is 47.5 Å². The summed E-state index contributed by atoms with van der Waals surface area (Å²) >= 11 is 0. The SMILES string of the molecule is CC1(C)c2cc(OCCN3CCCNCC3=O)ccc2C(=O)c2c1oc1ccccc21. The van der Waals surface area contributed by atoms with Crippen LogP contribution in [0.2, 0.25) is 0 Å². The van der Waals surface area contributed by atoms with E-state index in [1.165, 1.54) is 0 Å². The van der Waals surface area contributed by atoms with Crippen molar-refractivity contribution in [3.05, 3.63) is 64.9 Å². The molecule has 1 amide bonds. The van der Waals surface area contributed by atoms with Gasteiger partial charge in [0.15, 0.2) is 5.78 Å². The van der Waals surface area contributed by atoms with Crippen molar-refractivity contribution in [1.82, 2.24) is 10.2 Å². The predicted molar refractivity (Wildman–Crippen MR) is 118 cm³/mol. The fraction of sp³-hybridized carbons (Fsp3) is 0.360. The molecule has 2 heterocycles. The Morgan fingerprint density at radius 1 is 1.16 bits per heavy atom. The van der Waals surface area contributed by atoms with Gasteiger partial charge in [0.2, 0.25) is 5.91 Å². The molecule has 31 heavy (non-hydrogen) atoms. The van der Waals surface area contributed by atoms with E-state index in [0.29, 0.717) is 42.3 Å². The molecular weight excluding hydrogens is 392 g/mol. The molecule has 1 N–H and O–H groups in total. The maximum atomic E-state index is 13.3. The zero-order chi connectivity index (χ0) is 21.6. The number of rotatable bonds is 4. The number of para-hydroxylation sites is 1. The number of fused-ring (bicyclic) bond motifs is 4. The average Bonchev–Trinajstić information content (AvgIpc) is 3.05. The Hall–Kier alpha value is -3.12. The first-order valence-corrected chi connectivity index (χ1v) is 10.8. The van der Waals surface area contributed by atoms with Gasteiger partial charge in [-0.25, -0.2) is 0 Å². The molecular formula is C25H26N2O4. The summed E-state index contributed by atoms with van der Waals surface area (Å²) in [6, 6.07) is 13.3. The molecule has 3 aromatic rings. The number of carbonyl (C=O) groups excluding carboxylic acids is 2. The highest BCUT2D eigenvalue weighted by Gasteiger charge is 2.41. The van der Waals surface area contributed by atoms with Crippen LogP contribution in [-0.4, -0.2) is 49.4 Å². The van der Waals surface area contributed by atoms with Crippen LogP contribution in [0.3, 0.4) is 0 Å². The first-order chi connectivity index (χ1) is 15.0. The normalized spacial score (nSPS) is 17.9. The first-order valence-electron chi connectivity index (χ1n) is 10.8. The molecule has 0 bridgehead atoms. The van der Waals surface area contributed by atoms with E-state index in [1.54, 1.807) is 0 Å². The van der Waals surface area contributed by atoms with Crippen LogP contribution in [0, 0.1) is 0 Å². The summed E-state index contributed by atoms with van der Waals surface area (Å²) in [7, 11) is 0. The van der Waals surface area contributed by atoms with Crippen molar-refractivity contribution in [2.75, 3.05) is 32.8 Å². The number of nitrogens with one attached hydrogen (secondary N) is 1. The molecule has 6 nitrogen and oxygen atoms in total. The summed E-state index contributed by atoms with van der Waals surface area (Å²) in [5, 5.41) is 3.99. The molecule has 0 unspecified atom stereocenters. The maximum Gasteiger partial charge on any atom is 0.236 e. The molecule has 0 saturated carbocycles. The number of furan rings is 1. The van der Waals surface area contributed by atoms with E-state index in [4.69, 9.17) is 9.15 Å². The van der Waals surface area contributed by atoms with Gasteiger partial charge in [-0.05, 0) is 56.6 Å². The lowest BCUT2D eigenvalue weighted by atomic mass is 9.72. The molecule has 1 aliphatic carbocycles. The van der Waals surface area contributed by atoms with Gasteiger partial charge in [-0.1, -0.05) is 18.2 Å². The third kappa shape index (κ3) is 3.31. The minimum atomic E-state index is -0.469. The molecule has 6 heteroatoms. The molecule has 2 aliphatic rings. The molecule has 0 atom stereocenters. The van der Waals surface area contributed by atoms with Crippen molar-refractivity contribution in [2.24, 2.45) is 0 Å². The van der Waals surface area contributed by atoms with Gasteiger partial charge >= 0.3 is 0 Å². The molecule has 0 spiro atoms. The summed E-state index contributed by atoms with van der Waals surface area (Å²) in [5.41, 5.74) is 2.51. The fourth-order valence-electron chi connectivity index (χ4n) is 4.63. The molecule has 2 aromatic carbocycles. The number of ketones is 1. The van der Waals surface area contributed by atoms with Crippen LogP contribution >= 0.6 is 0 Å². The van der Waals surface area contributed by atoms with Gasteiger partial charge in [-0.3, -0.25) is 9.59 Å². The third-order valence-corrected chi connectivity index (χ3v) is 6.34. The highest BCUT2D eigenvalue weighted by Crippen LogP contribution is 2.46. The Balaban J connectivity index is 1.40. The smallest absolute Gasteiger partial charge is 0.236 e. The predicted octanol–water partition coefficient (Wildman–Crippen LogP) is 3.50. The Bertz CT molecular complexity index is 1180. The zero-order valence-corrected chi connectivity index (χ0v) is 17.9. The van der Waals surface area contributed by atoms with Crippen LogP contribution in [0.5, 0.6) is 5.75 Å². The van der Waals surface area contributed by atoms with Gasteiger partial charge in [0.1, 0.15) is 23.7 Å². The van der Waals surface area contributed by atoms with E-state index < -0.39 is 5.41 Å². The van der Waals surface area contributed by atoms with Gasteiger partial charge in [-0.2, -0.15) is 0 Å². The van der Waals surface area contributed by atoms with Crippen molar-refractivity contribution in [3.8, 4) is 5.75 Å². The number of benzene rings is 2. The average molecular weight is 418 g/mol. The van der Waals surface area contributed by atoms with Crippen LogP contribution in [0.4, 0.5) is 0 Å². The first kappa shape index (κ1) is 19.8. The van der Waals surface area contributed by atoms with Gasteiger partial charge in [-0.15, -0.1) is 0 Å². The van der Waals surface area contributed by atoms with Crippen LogP contribution in [0.15, 0.2) is 46.9 Å². The second kappa shape index (κ2) is 7.54. The minimum Gasteiger partial charge on any atom is -0.492 e. The van der Waals surface area contributed by atoms with Crippen molar-refractivity contribution >= 4 is 22.7 Å². The van der Waals surface area contributed by atoms with E-state index in [2.05, 4.69) is 19.2 Å². The summed E-state index contributed by atoms with van der Waals surface area (Å²) in [6.45, 7) is 7.10. The Labute approximate surface area is 181 Å². The highest BCUT2D eigenvalue weighted by molar-refractivity contribution is 6.19. The van der Waals surface area contributed by atoms with E-state index in [1.807, 2.05) is 47.4 Å². The largest absolute Gasteiger partial charge is 0.492 e. The lowest BCUT2D eigenvalue weighted by Gasteiger charge is -2.31. The van der Waals surface area contributed by atoms with Crippen molar-refractivity contribution in [1.29, 1.82) is 0 Å². The van der Waals surface area contributed by atoms with Crippen molar-refractivity contribution in [3.63, 3.8) is 0 Å². The number of hydrogen-bond donors (Lipinski definition) is 1.